The van der Waals surface area contributed by atoms with Gasteiger partial charge in [-0.15, -0.1) is 0 Å². The third kappa shape index (κ3) is 5.14. The summed E-state index contributed by atoms with van der Waals surface area (Å²) in [6.45, 7) is 4.95. The van der Waals surface area contributed by atoms with E-state index in [0.717, 1.165) is 75.1 Å². The second kappa shape index (κ2) is 10.0. The van der Waals surface area contributed by atoms with Crippen molar-refractivity contribution in [1.29, 1.82) is 0 Å². The third-order valence-electron chi connectivity index (χ3n) is 6.37. The van der Waals surface area contributed by atoms with Gasteiger partial charge in [-0.1, -0.05) is 30.3 Å². The number of rotatable bonds is 5. The second-order valence-corrected chi connectivity index (χ2v) is 8.50. The Morgan fingerprint density at radius 1 is 0.879 bits per heavy atom. The van der Waals surface area contributed by atoms with Crippen molar-refractivity contribution in [2.45, 2.75) is 12.8 Å². The van der Waals surface area contributed by atoms with Crippen molar-refractivity contribution in [2.24, 2.45) is 5.92 Å². The van der Waals surface area contributed by atoms with Gasteiger partial charge in [-0.05, 0) is 43.2 Å². The highest BCUT2D eigenvalue weighted by molar-refractivity contribution is 5.92. The minimum absolute atomic E-state index is 0.00982. The highest BCUT2D eigenvalue weighted by atomic mass is 16.5. The molecule has 1 N–H and O–H groups in total. The van der Waals surface area contributed by atoms with Crippen molar-refractivity contribution in [3.63, 3.8) is 0 Å². The quantitative estimate of drug-likeness (QED) is 0.646. The van der Waals surface area contributed by atoms with Crippen LogP contribution in [0.2, 0.25) is 0 Å². The number of carbonyl (C=O) groups is 1. The summed E-state index contributed by atoms with van der Waals surface area (Å²) in [5.74, 6) is 1.76. The molecule has 0 unspecified atom stereocenters. The maximum absolute atomic E-state index is 12.9. The molecule has 1 amide bonds. The van der Waals surface area contributed by atoms with Crippen molar-refractivity contribution >= 4 is 23.1 Å². The Hall–Kier alpha value is -3.45. The molecular weight excluding hydrogens is 414 g/mol. The summed E-state index contributed by atoms with van der Waals surface area (Å²) in [6.07, 6.45) is 3.43. The minimum Gasteiger partial charge on any atom is -0.378 e. The van der Waals surface area contributed by atoms with Crippen LogP contribution in [0.4, 0.5) is 17.2 Å². The molecule has 3 aromatic rings. The van der Waals surface area contributed by atoms with E-state index < -0.39 is 0 Å². The molecule has 7 nitrogen and oxygen atoms in total. The molecule has 0 spiro atoms. The normalized spacial score (nSPS) is 17.1. The number of hydrogen-bond donors (Lipinski definition) is 1. The SMILES string of the molecule is O=C(Nc1ccc(N2CCOCC2)cc1)C1CCN(c2ccnc(-c3ccccc3)n2)CC1. The van der Waals surface area contributed by atoms with Crippen molar-refractivity contribution in [1.82, 2.24) is 9.97 Å². The van der Waals surface area contributed by atoms with Crippen molar-refractivity contribution in [3.8, 4) is 11.4 Å². The Morgan fingerprint density at radius 3 is 2.33 bits per heavy atom. The van der Waals surface area contributed by atoms with E-state index in [1.807, 2.05) is 54.7 Å². The molecule has 2 aliphatic rings. The highest BCUT2D eigenvalue weighted by Crippen LogP contribution is 2.25. The van der Waals surface area contributed by atoms with Crippen LogP contribution in [0.5, 0.6) is 0 Å². The summed E-state index contributed by atoms with van der Waals surface area (Å²) in [5.41, 5.74) is 3.03. The summed E-state index contributed by atoms with van der Waals surface area (Å²) in [6, 6.07) is 20.1. The van der Waals surface area contributed by atoms with Crippen LogP contribution >= 0.6 is 0 Å². The van der Waals surface area contributed by atoms with Gasteiger partial charge in [0.25, 0.3) is 0 Å². The number of aromatic nitrogens is 2. The van der Waals surface area contributed by atoms with Gasteiger partial charge >= 0.3 is 0 Å². The van der Waals surface area contributed by atoms with E-state index in [-0.39, 0.29) is 11.8 Å². The van der Waals surface area contributed by atoms with Crippen LogP contribution < -0.4 is 15.1 Å². The average Bonchev–Trinajstić information content (AvgIpc) is 2.90. The number of piperidine rings is 1. The molecule has 0 atom stereocenters. The molecule has 0 aliphatic carbocycles. The molecule has 0 bridgehead atoms. The Bertz CT molecular complexity index is 1060. The monoisotopic (exact) mass is 443 g/mol. The maximum Gasteiger partial charge on any atom is 0.227 e. The van der Waals surface area contributed by atoms with Crippen LogP contribution in [-0.2, 0) is 9.53 Å². The van der Waals surface area contributed by atoms with Gasteiger partial charge < -0.3 is 19.9 Å². The minimum atomic E-state index is 0.00982. The van der Waals surface area contributed by atoms with Gasteiger partial charge in [0.05, 0.1) is 13.2 Å². The lowest BCUT2D eigenvalue weighted by molar-refractivity contribution is -0.120. The topological polar surface area (TPSA) is 70.6 Å². The molecule has 2 saturated heterocycles. The molecule has 170 valence electrons. The number of ether oxygens (including phenoxy) is 1. The lowest BCUT2D eigenvalue weighted by Crippen LogP contribution is -2.38. The number of morpholine rings is 1. The maximum atomic E-state index is 12.9. The van der Waals surface area contributed by atoms with Gasteiger partial charge in [0.2, 0.25) is 5.91 Å². The van der Waals surface area contributed by atoms with E-state index in [1.54, 1.807) is 0 Å². The van der Waals surface area contributed by atoms with Gasteiger partial charge in [0.15, 0.2) is 5.82 Å². The molecule has 2 aliphatic heterocycles. The fraction of sp³-hybridized carbons (Fsp3) is 0.346. The number of anilines is 3. The number of amides is 1. The number of carbonyl (C=O) groups excluding carboxylic acids is 1. The van der Waals surface area contributed by atoms with Crippen LogP contribution in [-0.4, -0.2) is 55.3 Å². The Kier molecular flexibility index (Phi) is 6.48. The molecular formula is C26H29N5O2. The van der Waals surface area contributed by atoms with E-state index in [1.165, 1.54) is 5.69 Å². The van der Waals surface area contributed by atoms with Crippen LogP contribution in [0, 0.1) is 5.92 Å². The lowest BCUT2D eigenvalue weighted by atomic mass is 9.95. The predicted octanol–water partition coefficient (Wildman–Crippen LogP) is 3.84. The number of benzene rings is 2. The van der Waals surface area contributed by atoms with E-state index >= 15 is 0 Å². The summed E-state index contributed by atoms with van der Waals surface area (Å²) in [5, 5.41) is 3.10. The van der Waals surface area contributed by atoms with Crippen molar-refractivity contribution in [3.05, 3.63) is 66.9 Å². The molecule has 1 aromatic heterocycles. The van der Waals surface area contributed by atoms with E-state index in [2.05, 4.69) is 32.2 Å². The standard InChI is InChI=1S/C26H29N5O2/c32-26(28-22-6-8-23(9-7-22)30-16-18-33-19-17-30)21-11-14-31(15-12-21)24-10-13-27-25(29-24)20-4-2-1-3-5-20/h1-10,13,21H,11-12,14-19H2,(H,28,32). The highest BCUT2D eigenvalue weighted by Gasteiger charge is 2.26. The third-order valence-corrected chi connectivity index (χ3v) is 6.37. The van der Waals surface area contributed by atoms with Crippen molar-refractivity contribution in [2.75, 3.05) is 54.5 Å². The summed E-state index contributed by atoms with van der Waals surface area (Å²) >= 11 is 0. The van der Waals surface area contributed by atoms with Gasteiger partial charge in [0, 0.05) is 55.2 Å². The predicted molar refractivity (Wildman–Crippen MR) is 131 cm³/mol. The summed E-state index contributed by atoms with van der Waals surface area (Å²) in [4.78, 5) is 26.6. The zero-order valence-corrected chi connectivity index (χ0v) is 18.7. The molecule has 3 heterocycles. The fourth-order valence-corrected chi connectivity index (χ4v) is 4.44. The number of nitrogens with one attached hydrogen (secondary N) is 1. The van der Waals surface area contributed by atoms with Gasteiger partial charge in [0.1, 0.15) is 5.82 Å². The summed E-state index contributed by atoms with van der Waals surface area (Å²) in [7, 11) is 0. The Labute approximate surface area is 194 Å². The summed E-state index contributed by atoms with van der Waals surface area (Å²) < 4.78 is 5.42. The largest absolute Gasteiger partial charge is 0.378 e. The first-order valence-corrected chi connectivity index (χ1v) is 11.6. The average molecular weight is 444 g/mol. The second-order valence-electron chi connectivity index (χ2n) is 8.50. The first kappa shape index (κ1) is 21.4. The Morgan fingerprint density at radius 2 is 1.61 bits per heavy atom. The number of nitrogens with zero attached hydrogens (tertiary/aromatic N) is 4. The first-order valence-electron chi connectivity index (χ1n) is 11.6. The van der Waals surface area contributed by atoms with Crippen LogP contribution in [0.15, 0.2) is 66.9 Å². The first-order chi connectivity index (χ1) is 16.3. The van der Waals surface area contributed by atoms with Crippen molar-refractivity contribution < 1.29 is 9.53 Å². The van der Waals surface area contributed by atoms with E-state index in [4.69, 9.17) is 9.72 Å². The van der Waals surface area contributed by atoms with E-state index in [0.29, 0.717) is 0 Å². The molecule has 7 heteroatoms. The van der Waals surface area contributed by atoms with Crippen LogP contribution in [0.25, 0.3) is 11.4 Å². The van der Waals surface area contributed by atoms with Gasteiger partial charge in [-0.25, -0.2) is 9.97 Å². The smallest absolute Gasteiger partial charge is 0.227 e. The van der Waals surface area contributed by atoms with Gasteiger partial charge in [-0.2, -0.15) is 0 Å². The molecule has 2 fully saturated rings. The lowest BCUT2D eigenvalue weighted by Gasteiger charge is -2.32. The van der Waals surface area contributed by atoms with Crippen LogP contribution in [0.1, 0.15) is 12.8 Å². The molecule has 0 radical (unpaired) electrons. The molecule has 0 saturated carbocycles. The molecule has 5 rings (SSSR count). The molecule has 2 aromatic carbocycles. The van der Waals surface area contributed by atoms with Gasteiger partial charge in [-0.3, -0.25) is 4.79 Å². The Balaban J connectivity index is 1.15. The van der Waals surface area contributed by atoms with Crippen LogP contribution in [0.3, 0.4) is 0 Å². The fourth-order valence-electron chi connectivity index (χ4n) is 4.44. The number of hydrogen-bond acceptors (Lipinski definition) is 6. The van der Waals surface area contributed by atoms with E-state index in [9.17, 15) is 4.79 Å². The zero-order chi connectivity index (χ0) is 22.5. The molecule has 33 heavy (non-hydrogen) atoms. The zero-order valence-electron chi connectivity index (χ0n) is 18.7.